The first kappa shape index (κ1) is 23.4. The molecule has 170 valence electrons. The summed E-state index contributed by atoms with van der Waals surface area (Å²) in [6.07, 6.45) is 3.52. The zero-order chi connectivity index (χ0) is 22.2. The summed E-state index contributed by atoms with van der Waals surface area (Å²) in [5.74, 6) is 1.12. The summed E-state index contributed by atoms with van der Waals surface area (Å²) in [6, 6.07) is 6.33. The van der Waals surface area contributed by atoms with Crippen LogP contribution in [0.15, 0.2) is 41.4 Å². The molecule has 7 heteroatoms. The fraction of sp³-hybridized carbons (Fsp3) is 0.542. The molecule has 1 N–H and O–H groups in total. The van der Waals surface area contributed by atoms with E-state index in [2.05, 4.69) is 35.4 Å². The van der Waals surface area contributed by atoms with Crippen molar-refractivity contribution in [3.05, 3.63) is 48.3 Å². The van der Waals surface area contributed by atoms with Crippen molar-refractivity contribution in [1.29, 1.82) is 0 Å². The third-order valence-electron chi connectivity index (χ3n) is 5.55. The average Bonchev–Trinajstić information content (AvgIpc) is 3.49. The number of ether oxygens (including phenoxy) is 1. The Morgan fingerprint density at radius 1 is 1.29 bits per heavy atom. The van der Waals surface area contributed by atoms with Crippen LogP contribution in [0, 0.1) is 11.7 Å². The molecule has 2 aromatic rings. The predicted octanol–water partition coefficient (Wildman–Crippen LogP) is 4.10. The maximum atomic E-state index is 13.5. The Balaban J connectivity index is 1.86. The zero-order valence-corrected chi connectivity index (χ0v) is 18.6. The minimum absolute atomic E-state index is 0.268. The van der Waals surface area contributed by atoms with Crippen LogP contribution in [0.4, 0.5) is 10.3 Å². The van der Waals surface area contributed by atoms with Gasteiger partial charge in [0, 0.05) is 38.3 Å². The molecule has 0 aliphatic heterocycles. The first-order valence-corrected chi connectivity index (χ1v) is 11.1. The van der Waals surface area contributed by atoms with E-state index in [4.69, 9.17) is 9.26 Å². The topological polar surface area (TPSA) is 62.0 Å². The van der Waals surface area contributed by atoms with Gasteiger partial charge in [0.2, 0.25) is 5.88 Å². The van der Waals surface area contributed by atoms with E-state index in [-0.39, 0.29) is 12.4 Å². The molecule has 0 saturated heterocycles. The Hall–Kier alpha value is -2.22. The van der Waals surface area contributed by atoms with Crippen molar-refractivity contribution in [3.8, 4) is 11.3 Å². The van der Waals surface area contributed by atoms with Crippen molar-refractivity contribution in [3.63, 3.8) is 0 Å². The van der Waals surface area contributed by atoms with E-state index in [9.17, 15) is 9.50 Å². The summed E-state index contributed by atoms with van der Waals surface area (Å²) in [5, 5.41) is 14.9. The smallest absolute Gasteiger partial charge is 0.232 e. The molecule has 0 bridgehead atoms. The number of hydrogen-bond acceptors (Lipinski definition) is 6. The third-order valence-corrected chi connectivity index (χ3v) is 5.55. The van der Waals surface area contributed by atoms with E-state index in [1.54, 1.807) is 18.2 Å². The highest BCUT2D eigenvalue weighted by Crippen LogP contribution is 2.35. The van der Waals surface area contributed by atoms with Gasteiger partial charge in [0.05, 0.1) is 24.9 Å². The van der Waals surface area contributed by atoms with Crippen LogP contribution in [0.25, 0.3) is 11.3 Å². The summed E-state index contributed by atoms with van der Waals surface area (Å²) in [4.78, 5) is 4.39. The number of rotatable bonds is 14. The quantitative estimate of drug-likeness (QED) is 0.359. The monoisotopic (exact) mass is 431 g/mol. The van der Waals surface area contributed by atoms with Gasteiger partial charge in [0.25, 0.3) is 0 Å². The zero-order valence-electron chi connectivity index (χ0n) is 18.6. The van der Waals surface area contributed by atoms with Gasteiger partial charge >= 0.3 is 0 Å². The van der Waals surface area contributed by atoms with Gasteiger partial charge in [0.15, 0.2) is 0 Å². The predicted molar refractivity (Wildman–Crippen MR) is 120 cm³/mol. The molecule has 3 rings (SSSR count). The SMILES string of the molecule is C=CCOC[C@@H](O)CN(Cc1c(-c2ccc(F)cc2)noc1N(CC)CC)CC1CC1. The highest BCUT2D eigenvalue weighted by Gasteiger charge is 2.29. The summed E-state index contributed by atoms with van der Waals surface area (Å²) in [5.41, 5.74) is 2.51. The van der Waals surface area contributed by atoms with Crippen LogP contribution in [-0.2, 0) is 11.3 Å². The second-order valence-electron chi connectivity index (χ2n) is 8.11. The van der Waals surface area contributed by atoms with Gasteiger partial charge in [0.1, 0.15) is 11.5 Å². The van der Waals surface area contributed by atoms with Crippen LogP contribution >= 0.6 is 0 Å². The van der Waals surface area contributed by atoms with E-state index in [0.717, 1.165) is 42.3 Å². The van der Waals surface area contributed by atoms with E-state index >= 15 is 0 Å². The maximum Gasteiger partial charge on any atom is 0.232 e. The minimum atomic E-state index is -0.593. The van der Waals surface area contributed by atoms with E-state index < -0.39 is 6.10 Å². The van der Waals surface area contributed by atoms with Crippen molar-refractivity contribution in [2.24, 2.45) is 5.92 Å². The molecule has 1 saturated carbocycles. The summed E-state index contributed by atoms with van der Waals surface area (Å²) in [7, 11) is 0. The van der Waals surface area contributed by atoms with Crippen LogP contribution in [-0.4, -0.2) is 60.7 Å². The number of nitrogens with zero attached hydrogens (tertiary/aromatic N) is 3. The normalized spacial score (nSPS) is 14.7. The van der Waals surface area contributed by atoms with Crippen LogP contribution < -0.4 is 4.90 Å². The number of halogens is 1. The van der Waals surface area contributed by atoms with Gasteiger partial charge in [-0.1, -0.05) is 11.2 Å². The molecule has 6 nitrogen and oxygen atoms in total. The van der Waals surface area contributed by atoms with Gasteiger partial charge in [-0.15, -0.1) is 6.58 Å². The molecule has 31 heavy (non-hydrogen) atoms. The average molecular weight is 432 g/mol. The molecule has 0 radical (unpaired) electrons. The van der Waals surface area contributed by atoms with Crippen molar-refractivity contribution in [2.75, 3.05) is 44.3 Å². The Morgan fingerprint density at radius 3 is 2.61 bits per heavy atom. The van der Waals surface area contributed by atoms with Crippen LogP contribution in [0.1, 0.15) is 32.3 Å². The Kier molecular flexibility index (Phi) is 8.63. The fourth-order valence-corrected chi connectivity index (χ4v) is 3.77. The summed E-state index contributed by atoms with van der Waals surface area (Å²) in [6.45, 7) is 12.1. The van der Waals surface area contributed by atoms with Gasteiger partial charge < -0.3 is 19.3 Å². The van der Waals surface area contributed by atoms with Gasteiger partial charge in [-0.25, -0.2) is 4.39 Å². The molecule has 1 aliphatic rings. The second kappa shape index (κ2) is 11.4. The molecular formula is C24H34FN3O3. The van der Waals surface area contributed by atoms with Gasteiger partial charge in [-0.2, -0.15) is 0 Å². The van der Waals surface area contributed by atoms with E-state index in [1.165, 1.54) is 25.0 Å². The van der Waals surface area contributed by atoms with E-state index in [1.807, 2.05) is 0 Å². The minimum Gasteiger partial charge on any atom is -0.389 e. The molecule has 1 aliphatic carbocycles. The number of anilines is 1. The van der Waals surface area contributed by atoms with Crippen molar-refractivity contribution in [2.45, 2.75) is 39.3 Å². The highest BCUT2D eigenvalue weighted by atomic mass is 19.1. The lowest BCUT2D eigenvalue weighted by Crippen LogP contribution is -2.36. The first-order valence-electron chi connectivity index (χ1n) is 11.1. The molecule has 1 atom stereocenters. The molecule has 1 heterocycles. The number of aliphatic hydroxyl groups excluding tert-OH is 1. The lowest BCUT2D eigenvalue weighted by atomic mass is 10.1. The second-order valence-corrected chi connectivity index (χ2v) is 8.11. The molecule has 1 aromatic heterocycles. The summed E-state index contributed by atoms with van der Waals surface area (Å²) >= 11 is 0. The molecule has 0 unspecified atom stereocenters. The molecule has 1 aromatic carbocycles. The van der Waals surface area contributed by atoms with Crippen LogP contribution in [0.3, 0.4) is 0 Å². The number of hydrogen-bond donors (Lipinski definition) is 1. The highest BCUT2D eigenvalue weighted by molar-refractivity contribution is 5.68. The molecule has 1 fully saturated rings. The Morgan fingerprint density at radius 2 is 2.00 bits per heavy atom. The third kappa shape index (κ3) is 6.63. The van der Waals surface area contributed by atoms with Gasteiger partial charge in [-0.3, -0.25) is 4.90 Å². The van der Waals surface area contributed by atoms with Crippen LogP contribution in [0.2, 0.25) is 0 Å². The Bertz CT molecular complexity index is 816. The standard InChI is InChI=1S/C24H34FN3O3/c1-4-13-30-17-21(29)15-27(14-18-7-8-18)16-22-23(19-9-11-20(25)12-10-19)26-31-24(22)28(5-2)6-3/h4,9-12,18,21,29H,1,5-8,13-17H2,2-3H3/t21-/m0/s1. The lowest BCUT2D eigenvalue weighted by molar-refractivity contribution is 0.0237. The molecule has 0 spiro atoms. The maximum absolute atomic E-state index is 13.5. The first-order chi connectivity index (χ1) is 15.0. The largest absolute Gasteiger partial charge is 0.389 e. The number of aromatic nitrogens is 1. The lowest BCUT2D eigenvalue weighted by Gasteiger charge is -2.26. The molecule has 0 amide bonds. The fourth-order valence-electron chi connectivity index (χ4n) is 3.77. The molecular weight excluding hydrogens is 397 g/mol. The number of benzene rings is 1. The number of aliphatic hydroxyl groups is 1. The van der Waals surface area contributed by atoms with Crippen molar-refractivity contribution in [1.82, 2.24) is 10.1 Å². The van der Waals surface area contributed by atoms with Crippen molar-refractivity contribution >= 4 is 5.88 Å². The summed E-state index contributed by atoms with van der Waals surface area (Å²) < 4.78 is 24.7. The Labute approximate surface area is 184 Å². The van der Waals surface area contributed by atoms with Crippen molar-refractivity contribution < 1.29 is 18.8 Å². The van der Waals surface area contributed by atoms with Crippen LogP contribution in [0.5, 0.6) is 0 Å². The van der Waals surface area contributed by atoms with Gasteiger partial charge in [-0.05, 0) is 56.9 Å². The van der Waals surface area contributed by atoms with E-state index in [0.29, 0.717) is 25.6 Å².